The Bertz CT molecular complexity index is 445. The summed E-state index contributed by atoms with van der Waals surface area (Å²) in [6, 6.07) is 4.98. The summed E-state index contributed by atoms with van der Waals surface area (Å²) < 4.78 is 6.52. The number of hydrogen-bond donors (Lipinski definition) is 1. The Labute approximate surface area is 114 Å². The maximum Gasteiger partial charge on any atom is 0.311 e. The maximum atomic E-state index is 10.9. The summed E-state index contributed by atoms with van der Waals surface area (Å²) in [5.74, 6) is 0.329. The van der Waals surface area contributed by atoms with Crippen LogP contribution in [0.5, 0.6) is 5.75 Å². The van der Waals surface area contributed by atoms with Crippen LogP contribution in [-0.4, -0.2) is 17.1 Å². The van der Waals surface area contributed by atoms with E-state index < -0.39 is 4.92 Å². The number of nitro groups is 1. The molecule has 18 heavy (non-hydrogen) atoms. The molecular formula is C12H15BrN2O3. The van der Waals surface area contributed by atoms with E-state index in [0.29, 0.717) is 5.75 Å². The van der Waals surface area contributed by atoms with Gasteiger partial charge in [0.15, 0.2) is 5.75 Å². The number of nitro benzene ring substituents is 1. The van der Waals surface area contributed by atoms with Crippen LogP contribution in [0.1, 0.15) is 25.7 Å². The van der Waals surface area contributed by atoms with E-state index >= 15 is 0 Å². The predicted octanol–water partition coefficient (Wildman–Crippen LogP) is 3.01. The molecule has 0 radical (unpaired) electrons. The van der Waals surface area contributed by atoms with Gasteiger partial charge < -0.3 is 10.5 Å². The van der Waals surface area contributed by atoms with Gasteiger partial charge in [0.1, 0.15) is 0 Å². The van der Waals surface area contributed by atoms with Crippen molar-refractivity contribution >= 4 is 21.6 Å². The summed E-state index contributed by atoms with van der Waals surface area (Å²) in [6.45, 7) is 0. The Hall–Kier alpha value is -1.14. The highest BCUT2D eigenvalue weighted by Crippen LogP contribution is 2.33. The second-order valence-corrected chi connectivity index (χ2v) is 5.44. The minimum Gasteiger partial charge on any atom is -0.483 e. The fourth-order valence-electron chi connectivity index (χ4n) is 2.12. The van der Waals surface area contributed by atoms with Crippen molar-refractivity contribution in [2.24, 2.45) is 5.73 Å². The molecule has 1 aliphatic carbocycles. The van der Waals surface area contributed by atoms with E-state index in [2.05, 4.69) is 15.9 Å². The lowest BCUT2D eigenvalue weighted by molar-refractivity contribution is -0.386. The molecule has 5 nitrogen and oxygen atoms in total. The second-order valence-electron chi connectivity index (χ2n) is 4.52. The van der Waals surface area contributed by atoms with Gasteiger partial charge in [0.2, 0.25) is 0 Å². The standard InChI is InChI=1S/C12H15BrN2O3/c13-8-1-6-11(15(16)17)12(7-8)18-10-4-2-9(14)3-5-10/h1,6-7,9-10H,2-5,14H2. The molecule has 0 spiro atoms. The van der Waals surface area contributed by atoms with Crippen molar-refractivity contribution in [3.05, 3.63) is 32.8 Å². The highest BCUT2D eigenvalue weighted by Gasteiger charge is 2.23. The fraction of sp³-hybridized carbons (Fsp3) is 0.500. The molecule has 0 saturated heterocycles. The topological polar surface area (TPSA) is 78.4 Å². The third-order valence-electron chi connectivity index (χ3n) is 3.13. The van der Waals surface area contributed by atoms with E-state index in [1.807, 2.05) is 0 Å². The molecule has 1 aromatic rings. The molecule has 6 heteroatoms. The monoisotopic (exact) mass is 314 g/mol. The summed E-state index contributed by atoms with van der Waals surface area (Å²) in [5.41, 5.74) is 5.83. The SMILES string of the molecule is NC1CCC(Oc2cc(Br)ccc2[N+](=O)[O-])CC1. The molecule has 0 amide bonds. The number of halogens is 1. The highest BCUT2D eigenvalue weighted by molar-refractivity contribution is 9.10. The van der Waals surface area contributed by atoms with Crippen molar-refractivity contribution in [1.82, 2.24) is 0 Å². The largest absolute Gasteiger partial charge is 0.483 e. The Morgan fingerprint density at radius 2 is 2.00 bits per heavy atom. The van der Waals surface area contributed by atoms with Crippen LogP contribution in [0.2, 0.25) is 0 Å². The lowest BCUT2D eigenvalue weighted by atomic mass is 9.94. The van der Waals surface area contributed by atoms with Gasteiger partial charge >= 0.3 is 5.69 Å². The summed E-state index contributed by atoms with van der Waals surface area (Å²) in [5, 5.41) is 10.9. The predicted molar refractivity (Wildman–Crippen MR) is 71.7 cm³/mol. The van der Waals surface area contributed by atoms with E-state index in [4.69, 9.17) is 10.5 Å². The fourth-order valence-corrected chi connectivity index (χ4v) is 2.46. The normalized spacial score (nSPS) is 23.7. The molecule has 2 rings (SSSR count). The zero-order valence-electron chi connectivity index (χ0n) is 9.84. The van der Waals surface area contributed by atoms with Gasteiger partial charge in [-0.3, -0.25) is 10.1 Å². The summed E-state index contributed by atoms with van der Waals surface area (Å²) in [6.07, 6.45) is 3.55. The number of ether oxygens (including phenoxy) is 1. The smallest absolute Gasteiger partial charge is 0.311 e. The molecule has 0 aromatic heterocycles. The Balaban J connectivity index is 2.12. The Morgan fingerprint density at radius 1 is 1.33 bits per heavy atom. The van der Waals surface area contributed by atoms with E-state index in [1.165, 1.54) is 6.07 Å². The van der Waals surface area contributed by atoms with Gasteiger partial charge in [-0.15, -0.1) is 0 Å². The first-order chi connectivity index (χ1) is 8.56. The third kappa shape index (κ3) is 3.20. The summed E-state index contributed by atoms with van der Waals surface area (Å²) >= 11 is 3.30. The van der Waals surface area contributed by atoms with Crippen LogP contribution in [0.3, 0.4) is 0 Å². The zero-order valence-corrected chi connectivity index (χ0v) is 11.4. The molecule has 0 aliphatic heterocycles. The lowest BCUT2D eigenvalue weighted by Crippen LogP contribution is -2.31. The van der Waals surface area contributed by atoms with Crippen LogP contribution in [0, 0.1) is 10.1 Å². The average molecular weight is 315 g/mol. The number of hydrogen-bond acceptors (Lipinski definition) is 4. The molecular weight excluding hydrogens is 300 g/mol. The first-order valence-corrected chi connectivity index (χ1v) is 6.71. The Morgan fingerprint density at radius 3 is 2.61 bits per heavy atom. The molecule has 2 N–H and O–H groups in total. The van der Waals surface area contributed by atoms with E-state index in [0.717, 1.165) is 30.2 Å². The molecule has 1 fully saturated rings. The van der Waals surface area contributed by atoms with Crippen LogP contribution < -0.4 is 10.5 Å². The van der Waals surface area contributed by atoms with Crippen molar-refractivity contribution in [1.29, 1.82) is 0 Å². The van der Waals surface area contributed by atoms with E-state index in [9.17, 15) is 10.1 Å². The minimum absolute atomic E-state index is 0.00747. The summed E-state index contributed by atoms with van der Waals surface area (Å²) in [4.78, 5) is 10.5. The van der Waals surface area contributed by atoms with Crippen LogP contribution >= 0.6 is 15.9 Å². The van der Waals surface area contributed by atoms with Gasteiger partial charge in [-0.05, 0) is 31.7 Å². The van der Waals surface area contributed by atoms with Crippen LogP contribution in [0.4, 0.5) is 5.69 Å². The van der Waals surface area contributed by atoms with E-state index in [1.54, 1.807) is 12.1 Å². The average Bonchev–Trinajstić information content (AvgIpc) is 2.32. The maximum absolute atomic E-state index is 10.9. The van der Waals surface area contributed by atoms with Crippen molar-refractivity contribution in [2.75, 3.05) is 0 Å². The quantitative estimate of drug-likeness (QED) is 0.687. The van der Waals surface area contributed by atoms with E-state index in [-0.39, 0.29) is 17.8 Å². The molecule has 0 bridgehead atoms. The van der Waals surface area contributed by atoms with Crippen LogP contribution in [0.25, 0.3) is 0 Å². The first kappa shape index (κ1) is 13.3. The highest BCUT2D eigenvalue weighted by atomic mass is 79.9. The third-order valence-corrected chi connectivity index (χ3v) is 3.62. The van der Waals surface area contributed by atoms with Gasteiger partial charge in [0, 0.05) is 22.6 Å². The second kappa shape index (κ2) is 5.67. The number of benzene rings is 1. The molecule has 0 unspecified atom stereocenters. The van der Waals surface area contributed by atoms with Crippen molar-refractivity contribution in [2.45, 2.75) is 37.8 Å². The molecule has 0 heterocycles. The van der Waals surface area contributed by atoms with Gasteiger partial charge in [0.05, 0.1) is 11.0 Å². The molecule has 1 aromatic carbocycles. The van der Waals surface area contributed by atoms with Crippen LogP contribution in [-0.2, 0) is 0 Å². The Kier molecular flexibility index (Phi) is 4.19. The summed E-state index contributed by atoms with van der Waals surface area (Å²) in [7, 11) is 0. The number of nitrogens with zero attached hydrogens (tertiary/aromatic N) is 1. The molecule has 0 atom stereocenters. The van der Waals surface area contributed by atoms with Crippen LogP contribution in [0.15, 0.2) is 22.7 Å². The number of nitrogens with two attached hydrogens (primary N) is 1. The number of rotatable bonds is 3. The lowest BCUT2D eigenvalue weighted by Gasteiger charge is -2.26. The van der Waals surface area contributed by atoms with Gasteiger partial charge in [-0.25, -0.2) is 0 Å². The first-order valence-electron chi connectivity index (χ1n) is 5.92. The molecule has 1 saturated carbocycles. The van der Waals surface area contributed by atoms with Crippen molar-refractivity contribution in [3.8, 4) is 5.75 Å². The van der Waals surface area contributed by atoms with Gasteiger partial charge in [-0.1, -0.05) is 15.9 Å². The van der Waals surface area contributed by atoms with Gasteiger partial charge in [-0.2, -0.15) is 0 Å². The minimum atomic E-state index is -0.420. The van der Waals surface area contributed by atoms with Gasteiger partial charge in [0.25, 0.3) is 0 Å². The molecule has 1 aliphatic rings. The van der Waals surface area contributed by atoms with Crippen molar-refractivity contribution in [3.63, 3.8) is 0 Å². The zero-order chi connectivity index (χ0) is 13.1. The van der Waals surface area contributed by atoms with Crippen molar-refractivity contribution < 1.29 is 9.66 Å². The molecule has 98 valence electrons.